The molecule has 35 heavy (non-hydrogen) atoms. The van der Waals surface area contributed by atoms with Gasteiger partial charge in [-0.25, -0.2) is 13.9 Å². The van der Waals surface area contributed by atoms with Gasteiger partial charge in [-0.3, -0.25) is 4.79 Å². The van der Waals surface area contributed by atoms with E-state index in [1.165, 1.54) is 17.8 Å². The highest BCUT2D eigenvalue weighted by Gasteiger charge is 2.18. The number of aromatic nitrogens is 4. The minimum atomic E-state index is -0.363. The summed E-state index contributed by atoms with van der Waals surface area (Å²) in [5.41, 5.74) is 3.66. The maximum atomic E-state index is 14.3. The first-order valence-corrected chi connectivity index (χ1v) is 12.2. The average Bonchev–Trinajstić information content (AvgIpc) is 3.47. The Labute approximate surface area is 209 Å². The van der Waals surface area contributed by atoms with Gasteiger partial charge in [-0.2, -0.15) is 4.98 Å². The van der Waals surface area contributed by atoms with Crippen molar-refractivity contribution >= 4 is 35.0 Å². The Bertz CT molecular complexity index is 1420. The van der Waals surface area contributed by atoms with Crippen LogP contribution in [0.1, 0.15) is 28.1 Å². The van der Waals surface area contributed by atoms with Crippen molar-refractivity contribution in [1.82, 2.24) is 24.9 Å². The highest BCUT2D eigenvalue weighted by molar-refractivity contribution is 7.99. The lowest BCUT2D eigenvalue weighted by Crippen LogP contribution is -2.24. The molecule has 11 heteroatoms. The Kier molecular flexibility index (Phi) is 6.48. The second-order valence-electron chi connectivity index (χ2n) is 8.00. The minimum absolute atomic E-state index is 0.150. The predicted octanol–water partition coefficient (Wildman–Crippen LogP) is 4.26. The van der Waals surface area contributed by atoms with Gasteiger partial charge < -0.3 is 14.8 Å². The molecule has 0 fully saturated rings. The lowest BCUT2D eigenvalue weighted by molar-refractivity contribution is -0.118. The van der Waals surface area contributed by atoms with E-state index in [-0.39, 0.29) is 30.7 Å². The van der Waals surface area contributed by atoms with Gasteiger partial charge in [0, 0.05) is 34.9 Å². The molecule has 4 aromatic rings. The van der Waals surface area contributed by atoms with Crippen molar-refractivity contribution in [3.63, 3.8) is 0 Å². The predicted molar refractivity (Wildman–Crippen MR) is 130 cm³/mol. The van der Waals surface area contributed by atoms with Crippen LogP contribution in [0.15, 0.2) is 41.6 Å². The lowest BCUT2D eigenvalue weighted by Gasteiger charge is -2.12. The van der Waals surface area contributed by atoms with Crippen LogP contribution in [0.5, 0.6) is 11.5 Å². The van der Waals surface area contributed by atoms with Crippen molar-refractivity contribution in [3.8, 4) is 11.5 Å². The fraction of sp³-hybridized carbons (Fsp3) is 0.250. The molecule has 5 rings (SSSR count). The van der Waals surface area contributed by atoms with Crippen LogP contribution in [0, 0.1) is 19.7 Å². The van der Waals surface area contributed by atoms with Crippen molar-refractivity contribution in [2.45, 2.75) is 32.0 Å². The Hall–Kier alpha value is -3.37. The van der Waals surface area contributed by atoms with Gasteiger partial charge in [0.25, 0.3) is 5.78 Å². The van der Waals surface area contributed by atoms with Crippen LogP contribution in [-0.4, -0.2) is 38.0 Å². The number of carbonyl (C=O) groups is 1. The molecule has 0 saturated carbocycles. The number of carbonyl (C=O) groups excluding carboxylic acids is 1. The number of nitrogens with zero attached hydrogens (tertiary/aromatic N) is 4. The van der Waals surface area contributed by atoms with Crippen LogP contribution in [-0.2, 0) is 17.8 Å². The van der Waals surface area contributed by atoms with E-state index >= 15 is 0 Å². The molecule has 1 aliphatic heterocycles. The highest BCUT2D eigenvalue weighted by Crippen LogP contribution is 2.32. The zero-order chi connectivity index (χ0) is 24.5. The minimum Gasteiger partial charge on any atom is -0.454 e. The number of rotatable bonds is 7. The molecule has 0 radical (unpaired) electrons. The number of nitrogens with one attached hydrogen (secondary N) is 1. The van der Waals surface area contributed by atoms with Gasteiger partial charge in [0.1, 0.15) is 5.82 Å². The molecular formula is C24H21ClFN5O3S. The summed E-state index contributed by atoms with van der Waals surface area (Å²) in [5.74, 6) is 1.44. The van der Waals surface area contributed by atoms with Crippen molar-refractivity contribution in [3.05, 3.63) is 75.3 Å². The van der Waals surface area contributed by atoms with Crippen LogP contribution in [0.25, 0.3) is 5.78 Å². The molecule has 0 unspecified atom stereocenters. The SMILES string of the molecule is Cc1nc2nc(SCC(=O)NCc3ccc4c(c3)OCO4)nn2c(C)c1Cc1c(F)cccc1Cl. The molecule has 0 spiro atoms. The summed E-state index contributed by atoms with van der Waals surface area (Å²) in [6.07, 6.45) is 0.288. The van der Waals surface area contributed by atoms with Crippen molar-refractivity contribution < 1.29 is 18.7 Å². The zero-order valence-corrected chi connectivity index (χ0v) is 20.5. The van der Waals surface area contributed by atoms with Crippen molar-refractivity contribution in [1.29, 1.82) is 0 Å². The maximum absolute atomic E-state index is 14.3. The van der Waals surface area contributed by atoms with Crippen LogP contribution in [0.2, 0.25) is 5.02 Å². The molecule has 8 nitrogen and oxygen atoms in total. The first-order chi connectivity index (χ1) is 16.9. The van der Waals surface area contributed by atoms with Gasteiger partial charge in [-0.1, -0.05) is 35.5 Å². The molecule has 3 heterocycles. The number of aryl methyl sites for hydroxylation is 2. The van der Waals surface area contributed by atoms with Crippen LogP contribution < -0.4 is 14.8 Å². The number of thioether (sulfide) groups is 1. The summed E-state index contributed by atoms with van der Waals surface area (Å²) in [6, 6.07) is 10.2. The summed E-state index contributed by atoms with van der Waals surface area (Å²) in [6.45, 7) is 4.31. The van der Waals surface area contributed by atoms with Crippen molar-refractivity contribution in [2.75, 3.05) is 12.5 Å². The fourth-order valence-electron chi connectivity index (χ4n) is 3.82. The molecule has 0 aliphatic carbocycles. The summed E-state index contributed by atoms with van der Waals surface area (Å²) < 4.78 is 26.6. The van der Waals surface area contributed by atoms with Crippen LogP contribution in [0.4, 0.5) is 4.39 Å². The summed E-state index contributed by atoms with van der Waals surface area (Å²) >= 11 is 7.44. The Balaban J connectivity index is 1.25. The second kappa shape index (κ2) is 9.71. The van der Waals surface area contributed by atoms with Crippen LogP contribution >= 0.6 is 23.4 Å². The van der Waals surface area contributed by atoms with Crippen LogP contribution in [0.3, 0.4) is 0 Å². The number of fused-ring (bicyclic) bond motifs is 2. The average molecular weight is 514 g/mol. The molecule has 1 aliphatic rings. The molecule has 1 amide bonds. The number of benzene rings is 2. The lowest BCUT2D eigenvalue weighted by atomic mass is 10.0. The number of hydrogen-bond donors (Lipinski definition) is 1. The molecule has 1 N–H and O–H groups in total. The van der Waals surface area contributed by atoms with Gasteiger partial charge >= 0.3 is 0 Å². The highest BCUT2D eigenvalue weighted by atomic mass is 35.5. The monoisotopic (exact) mass is 513 g/mol. The van der Waals surface area contributed by atoms with E-state index in [4.69, 9.17) is 21.1 Å². The number of halogens is 2. The zero-order valence-electron chi connectivity index (χ0n) is 19.0. The third-order valence-corrected chi connectivity index (χ3v) is 6.90. The van der Waals surface area contributed by atoms with Gasteiger partial charge in [0.2, 0.25) is 17.9 Å². The van der Waals surface area contributed by atoms with Gasteiger partial charge in [-0.15, -0.1) is 5.10 Å². The van der Waals surface area contributed by atoms with Crippen molar-refractivity contribution in [2.24, 2.45) is 0 Å². The Morgan fingerprint density at radius 1 is 1.17 bits per heavy atom. The normalized spacial score (nSPS) is 12.3. The van der Waals surface area contributed by atoms with Gasteiger partial charge in [0.15, 0.2) is 11.5 Å². The van der Waals surface area contributed by atoms with E-state index in [2.05, 4.69) is 20.4 Å². The molecular weight excluding hydrogens is 493 g/mol. The van der Waals surface area contributed by atoms with E-state index in [1.54, 1.807) is 16.6 Å². The first kappa shape index (κ1) is 23.4. The van der Waals surface area contributed by atoms with E-state index in [9.17, 15) is 9.18 Å². The molecule has 2 aromatic heterocycles. The Morgan fingerprint density at radius 3 is 2.83 bits per heavy atom. The fourth-order valence-corrected chi connectivity index (χ4v) is 4.70. The molecule has 0 atom stereocenters. The molecule has 0 bridgehead atoms. The molecule has 2 aromatic carbocycles. The molecule has 180 valence electrons. The molecule has 0 saturated heterocycles. The third-order valence-electron chi connectivity index (χ3n) is 5.70. The largest absolute Gasteiger partial charge is 0.454 e. The summed E-state index contributed by atoms with van der Waals surface area (Å²) in [4.78, 5) is 21.3. The van der Waals surface area contributed by atoms with E-state index in [1.807, 2.05) is 32.0 Å². The van der Waals surface area contributed by atoms with Gasteiger partial charge in [0.05, 0.1) is 5.75 Å². The van der Waals surface area contributed by atoms with E-state index < -0.39 is 0 Å². The Morgan fingerprint density at radius 2 is 2.00 bits per heavy atom. The quantitative estimate of drug-likeness (QED) is 0.369. The second-order valence-corrected chi connectivity index (χ2v) is 9.35. The third kappa shape index (κ3) is 4.89. The first-order valence-electron chi connectivity index (χ1n) is 10.8. The number of ether oxygens (including phenoxy) is 2. The summed E-state index contributed by atoms with van der Waals surface area (Å²) in [7, 11) is 0. The smallest absolute Gasteiger partial charge is 0.253 e. The topological polar surface area (TPSA) is 90.6 Å². The maximum Gasteiger partial charge on any atom is 0.253 e. The van der Waals surface area contributed by atoms with E-state index in [0.717, 1.165) is 22.5 Å². The summed E-state index contributed by atoms with van der Waals surface area (Å²) in [5, 5.41) is 8.17. The number of amides is 1. The van der Waals surface area contributed by atoms with E-state index in [0.29, 0.717) is 39.6 Å². The van der Waals surface area contributed by atoms with Gasteiger partial charge in [-0.05, 0) is 49.2 Å². The number of hydrogen-bond acceptors (Lipinski definition) is 7. The standard InChI is InChI=1S/C24H21ClFN5O3S/c1-13-16(9-17-18(25)4-3-5-19(17)26)14(2)31-23(28-13)29-24(30-31)35-11-22(32)27-10-15-6-7-20-21(8-15)34-12-33-20/h3-8H,9-12H2,1-2H3,(H,27,32).